The summed E-state index contributed by atoms with van der Waals surface area (Å²) in [6.45, 7) is 6.63. The van der Waals surface area contributed by atoms with Crippen molar-refractivity contribution < 1.29 is 13.2 Å². The third kappa shape index (κ3) is 3.31. The molecule has 2 aliphatic heterocycles. The highest BCUT2D eigenvalue weighted by Crippen LogP contribution is 2.37. The van der Waals surface area contributed by atoms with Crippen molar-refractivity contribution in [1.82, 2.24) is 4.90 Å². The molecular weight excluding hydrogens is 284 g/mol. The summed E-state index contributed by atoms with van der Waals surface area (Å²) in [6, 6.07) is -0.00870. The molecule has 2 fully saturated rings. The van der Waals surface area contributed by atoms with Crippen molar-refractivity contribution in [1.29, 1.82) is 0 Å². The van der Waals surface area contributed by atoms with Crippen LogP contribution in [-0.2, 0) is 14.6 Å². The van der Waals surface area contributed by atoms with Gasteiger partial charge >= 0.3 is 0 Å². The molecule has 5 nitrogen and oxygen atoms in total. The second-order valence-corrected chi connectivity index (χ2v) is 8.83. The average molecular weight is 304 g/mol. The van der Waals surface area contributed by atoms with Gasteiger partial charge in [-0.2, -0.15) is 4.99 Å². The molecule has 0 spiro atoms. The van der Waals surface area contributed by atoms with Gasteiger partial charge in [-0.25, -0.2) is 8.42 Å². The van der Waals surface area contributed by atoms with E-state index in [2.05, 4.69) is 4.99 Å². The van der Waals surface area contributed by atoms with Crippen LogP contribution in [0.4, 0.5) is 0 Å². The molecule has 108 valence electrons. The number of rotatable bonds is 3. The predicted octanol–water partition coefficient (Wildman–Crippen LogP) is 1.15. The Hall–Kier alpha value is -0.560. The molecule has 0 radical (unpaired) electrons. The van der Waals surface area contributed by atoms with E-state index in [1.165, 1.54) is 11.8 Å². The summed E-state index contributed by atoms with van der Waals surface area (Å²) >= 11 is 1.45. The number of hydrogen-bond acceptors (Lipinski definition) is 4. The molecular formula is C12H20N2O3S2. The van der Waals surface area contributed by atoms with E-state index in [0.717, 1.165) is 0 Å². The highest BCUT2D eigenvalue weighted by atomic mass is 32.2. The Balaban J connectivity index is 2.13. The molecule has 7 heteroatoms. The molecule has 1 amide bonds. The molecule has 2 heterocycles. The van der Waals surface area contributed by atoms with Crippen LogP contribution < -0.4 is 0 Å². The standard InChI is InChI=1S/C12H20N2O3S2/c1-4-14-9-6-19(16,17)7-10(9)18-12(14)13-11(15)5-8(2)3/h8-10H,4-7H2,1-3H3/t9-,10-/m0/s1. The lowest BCUT2D eigenvalue weighted by Gasteiger charge is -2.22. The summed E-state index contributed by atoms with van der Waals surface area (Å²) in [5, 5.41) is 0.744. The molecule has 2 atom stereocenters. The molecule has 0 aliphatic carbocycles. The number of nitrogens with zero attached hydrogens (tertiary/aromatic N) is 2. The van der Waals surface area contributed by atoms with Gasteiger partial charge in [-0.3, -0.25) is 4.79 Å². The largest absolute Gasteiger partial charge is 0.346 e. The fourth-order valence-corrected chi connectivity index (χ4v) is 6.54. The Labute approximate surface area is 118 Å². The van der Waals surface area contributed by atoms with Gasteiger partial charge in [0, 0.05) is 18.2 Å². The Bertz CT molecular complexity index is 499. The maximum atomic E-state index is 11.8. The van der Waals surface area contributed by atoms with E-state index in [1.807, 2.05) is 25.7 Å². The zero-order valence-corrected chi connectivity index (χ0v) is 13.1. The fourth-order valence-electron chi connectivity index (χ4n) is 2.51. The van der Waals surface area contributed by atoms with Gasteiger partial charge in [-0.1, -0.05) is 25.6 Å². The van der Waals surface area contributed by atoms with Gasteiger partial charge < -0.3 is 4.90 Å². The molecule has 0 aromatic carbocycles. The Morgan fingerprint density at radius 1 is 1.47 bits per heavy atom. The molecule has 0 aromatic heterocycles. The van der Waals surface area contributed by atoms with E-state index < -0.39 is 9.84 Å². The maximum absolute atomic E-state index is 11.8. The maximum Gasteiger partial charge on any atom is 0.248 e. The normalized spacial score (nSPS) is 31.2. The fraction of sp³-hybridized carbons (Fsp3) is 0.833. The van der Waals surface area contributed by atoms with Crippen LogP contribution in [0.3, 0.4) is 0 Å². The molecule has 0 N–H and O–H groups in total. The predicted molar refractivity (Wildman–Crippen MR) is 78.1 cm³/mol. The number of amides is 1. The number of aliphatic imine (C=N–C) groups is 1. The molecule has 2 aliphatic rings. The van der Waals surface area contributed by atoms with Crippen molar-refractivity contribution in [2.24, 2.45) is 10.9 Å². The van der Waals surface area contributed by atoms with Crippen molar-refractivity contribution in [2.45, 2.75) is 38.5 Å². The number of amidine groups is 1. The number of fused-ring (bicyclic) bond motifs is 1. The summed E-state index contributed by atoms with van der Waals surface area (Å²) in [4.78, 5) is 17.9. The number of hydrogen-bond donors (Lipinski definition) is 0. The number of sulfone groups is 1. The summed E-state index contributed by atoms with van der Waals surface area (Å²) in [7, 11) is -2.92. The lowest BCUT2D eigenvalue weighted by Crippen LogP contribution is -2.37. The Morgan fingerprint density at radius 2 is 2.16 bits per heavy atom. The smallest absolute Gasteiger partial charge is 0.248 e. The number of carbonyl (C=O) groups is 1. The second-order valence-electron chi connectivity index (χ2n) is 5.47. The van der Waals surface area contributed by atoms with E-state index in [1.54, 1.807) is 0 Å². The first kappa shape index (κ1) is 14.8. The number of thioether (sulfide) groups is 1. The van der Waals surface area contributed by atoms with Crippen LogP contribution in [0, 0.1) is 5.92 Å². The van der Waals surface area contributed by atoms with Crippen LogP contribution in [0.1, 0.15) is 27.2 Å². The van der Waals surface area contributed by atoms with Crippen molar-refractivity contribution in [3.05, 3.63) is 0 Å². The minimum absolute atomic E-state index is 0.00870. The molecule has 19 heavy (non-hydrogen) atoms. The molecule has 0 saturated carbocycles. The minimum Gasteiger partial charge on any atom is -0.346 e. The highest BCUT2D eigenvalue weighted by Gasteiger charge is 2.48. The van der Waals surface area contributed by atoms with Crippen LogP contribution in [0.2, 0.25) is 0 Å². The van der Waals surface area contributed by atoms with Gasteiger partial charge in [-0.05, 0) is 12.8 Å². The Morgan fingerprint density at radius 3 is 2.74 bits per heavy atom. The van der Waals surface area contributed by atoms with E-state index in [4.69, 9.17) is 0 Å². The van der Waals surface area contributed by atoms with Gasteiger partial charge in [-0.15, -0.1) is 0 Å². The topological polar surface area (TPSA) is 66.8 Å². The minimum atomic E-state index is -2.92. The molecule has 0 aromatic rings. The highest BCUT2D eigenvalue weighted by molar-refractivity contribution is 8.15. The van der Waals surface area contributed by atoms with Gasteiger partial charge in [0.15, 0.2) is 15.0 Å². The van der Waals surface area contributed by atoms with E-state index in [0.29, 0.717) is 24.1 Å². The first-order chi connectivity index (χ1) is 8.82. The van der Waals surface area contributed by atoms with Crippen molar-refractivity contribution in [3.8, 4) is 0 Å². The first-order valence-electron chi connectivity index (χ1n) is 6.57. The molecule has 2 saturated heterocycles. The van der Waals surface area contributed by atoms with Gasteiger partial charge in [0.1, 0.15) is 0 Å². The lowest BCUT2D eigenvalue weighted by atomic mass is 10.1. The van der Waals surface area contributed by atoms with Gasteiger partial charge in [0.25, 0.3) is 0 Å². The second kappa shape index (κ2) is 5.44. The average Bonchev–Trinajstić information content (AvgIpc) is 2.67. The van der Waals surface area contributed by atoms with Crippen molar-refractivity contribution in [2.75, 3.05) is 18.1 Å². The summed E-state index contributed by atoms with van der Waals surface area (Å²) in [6.07, 6.45) is 0.440. The summed E-state index contributed by atoms with van der Waals surface area (Å²) in [5.41, 5.74) is 0. The van der Waals surface area contributed by atoms with Crippen molar-refractivity contribution in [3.63, 3.8) is 0 Å². The molecule has 0 unspecified atom stereocenters. The quantitative estimate of drug-likeness (QED) is 0.782. The van der Waals surface area contributed by atoms with Crippen LogP contribution in [-0.4, -0.2) is 53.7 Å². The van der Waals surface area contributed by atoms with Crippen LogP contribution in [0.15, 0.2) is 4.99 Å². The summed E-state index contributed by atoms with van der Waals surface area (Å²) in [5.74, 6) is 0.573. The third-order valence-electron chi connectivity index (χ3n) is 3.32. The first-order valence-corrected chi connectivity index (χ1v) is 9.27. The van der Waals surface area contributed by atoms with Gasteiger partial charge in [0.2, 0.25) is 5.91 Å². The zero-order chi connectivity index (χ0) is 14.2. The van der Waals surface area contributed by atoms with Crippen LogP contribution in [0.25, 0.3) is 0 Å². The third-order valence-corrected chi connectivity index (χ3v) is 6.57. The summed E-state index contributed by atoms with van der Waals surface area (Å²) < 4.78 is 23.3. The number of carbonyl (C=O) groups excluding carboxylic acids is 1. The van der Waals surface area contributed by atoms with Crippen LogP contribution >= 0.6 is 11.8 Å². The van der Waals surface area contributed by atoms with E-state index >= 15 is 0 Å². The van der Waals surface area contributed by atoms with E-state index in [9.17, 15) is 13.2 Å². The zero-order valence-electron chi connectivity index (χ0n) is 11.5. The Kier molecular flexibility index (Phi) is 4.25. The lowest BCUT2D eigenvalue weighted by molar-refractivity contribution is -0.118. The monoisotopic (exact) mass is 304 g/mol. The van der Waals surface area contributed by atoms with Gasteiger partial charge in [0.05, 0.1) is 17.5 Å². The molecule has 0 bridgehead atoms. The van der Waals surface area contributed by atoms with E-state index in [-0.39, 0.29) is 28.7 Å². The SMILES string of the molecule is CCN1C(=NC(=O)CC(C)C)S[C@H]2CS(=O)(=O)C[C@@H]21. The van der Waals surface area contributed by atoms with Crippen molar-refractivity contribution >= 4 is 32.7 Å². The molecule has 2 rings (SSSR count). The van der Waals surface area contributed by atoms with Crippen LogP contribution in [0.5, 0.6) is 0 Å².